The van der Waals surface area contributed by atoms with E-state index < -0.39 is 23.9 Å². The van der Waals surface area contributed by atoms with Crippen LogP contribution in [0.25, 0.3) is 22.3 Å². The molecule has 0 amide bonds. The molecule has 0 unspecified atom stereocenters. The molecule has 94 heavy (non-hydrogen) atoms. The second-order valence-electron chi connectivity index (χ2n) is 24.2. The fourth-order valence-corrected chi connectivity index (χ4v) is 11.1. The van der Waals surface area contributed by atoms with E-state index in [9.17, 15) is 28.8 Å². The molecule has 0 aliphatic carbocycles. The molecule has 7 aromatic rings. The number of ether oxygens (including phenoxy) is 7. The molecule has 0 aliphatic rings. The van der Waals surface area contributed by atoms with Gasteiger partial charge in [-0.2, -0.15) is 0 Å². The van der Waals surface area contributed by atoms with Crippen LogP contribution in [0.15, 0.2) is 164 Å². The summed E-state index contributed by atoms with van der Waals surface area (Å²) in [5.41, 5.74) is 4.89. The summed E-state index contributed by atoms with van der Waals surface area (Å²) in [5.74, 6) is -2.43. The van der Waals surface area contributed by atoms with Crippen molar-refractivity contribution in [3.8, 4) is 51.0 Å². The van der Waals surface area contributed by atoms with Gasteiger partial charge in [0.2, 0.25) is 0 Å². The van der Waals surface area contributed by atoms with Gasteiger partial charge in [0.15, 0.2) is 0 Å². The number of unbranched alkanes of at least 4 members (excludes halogenated alkanes) is 26. The van der Waals surface area contributed by atoms with Crippen LogP contribution in [0.4, 0.5) is 0 Å². The molecule has 0 N–H and O–H groups in total. The largest absolute Gasteiger partial charge is 0.497 e. The number of benzene rings is 7. The van der Waals surface area contributed by atoms with Gasteiger partial charge in [-0.1, -0.05) is 229 Å². The Morgan fingerprint density at radius 1 is 0.234 bits per heavy atom. The van der Waals surface area contributed by atoms with E-state index in [2.05, 4.69) is 13.8 Å². The van der Waals surface area contributed by atoms with Gasteiger partial charge >= 0.3 is 35.8 Å². The monoisotopic (exact) mass is 1280 g/mol. The molecule has 498 valence electrons. The van der Waals surface area contributed by atoms with E-state index in [1.54, 1.807) is 48.5 Å². The van der Waals surface area contributed by atoms with Crippen LogP contribution in [-0.4, -0.2) is 56.1 Å². The van der Waals surface area contributed by atoms with Gasteiger partial charge < -0.3 is 33.2 Å². The first kappa shape index (κ1) is 72.6. The first-order valence-corrected chi connectivity index (χ1v) is 34.5. The summed E-state index contributed by atoms with van der Waals surface area (Å²) in [5, 5.41) is 0. The Morgan fingerprint density at radius 3 is 0.713 bits per heavy atom. The van der Waals surface area contributed by atoms with Gasteiger partial charge in [-0.05, 0) is 150 Å². The van der Waals surface area contributed by atoms with Gasteiger partial charge in [0, 0.05) is 0 Å². The molecule has 7 rings (SSSR count). The predicted molar refractivity (Wildman–Crippen MR) is 371 cm³/mol. The molecule has 0 aliphatic heterocycles. The molecule has 0 saturated heterocycles. The number of carbonyl (C=O) groups excluding carboxylic acids is 6. The maximum absolute atomic E-state index is 13.4. The summed E-state index contributed by atoms with van der Waals surface area (Å²) in [4.78, 5) is 78.6. The van der Waals surface area contributed by atoms with Crippen LogP contribution in [-0.2, 0) is 9.47 Å². The van der Waals surface area contributed by atoms with Gasteiger partial charge in [-0.25, -0.2) is 28.8 Å². The van der Waals surface area contributed by atoms with E-state index >= 15 is 0 Å². The number of hydrogen-bond donors (Lipinski definition) is 0. The third-order valence-corrected chi connectivity index (χ3v) is 16.7. The Bertz CT molecular complexity index is 3170. The molecule has 0 spiro atoms. The Hall–Kier alpha value is -8.84. The van der Waals surface area contributed by atoms with E-state index in [1.165, 1.54) is 228 Å². The maximum atomic E-state index is 13.4. The Labute approximate surface area is 557 Å². The van der Waals surface area contributed by atoms with Crippen molar-refractivity contribution in [2.75, 3.05) is 20.3 Å². The van der Waals surface area contributed by atoms with Crippen molar-refractivity contribution in [2.24, 2.45) is 0 Å². The average molecular weight is 1280 g/mol. The van der Waals surface area contributed by atoms with Crippen LogP contribution in [0, 0.1) is 0 Å². The summed E-state index contributed by atoms with van der Waals surface area (Å²) in [6.07, 6.45) is 35.6. The van der Waals surface area contributed by atoms with Crippen molar-refractivity contribution in [3.05, 3.63) is 197 Å². The summed E-state index contributed by atoms with van der Waals surface area (Å²) < 4.78 is 39.0. The Balaban J connectivity index is 0.776. The number of methoxy groups -OCH3 is 1. The average Bonchev–Trinajstić information content (AvgIpc) is 0.937. The van der Waals surface area contributed by atoms with Crippen LogP contribution in [0.1, 0.15) is 256 Å². The lowest BCUT2D eigenvalue weighted by Crippen LogP contribution is -2.14. The molecule has 0 radical (unpaired) electrons. The molecular formula is C81H96O13. The maximum Gasteiger partial charge on any atom is 0.343 e. The summed E-state index contributed by atoms with van der Waals surface area (Å²) >= 11 is 0. The molecule has 0 heterocycles. The minimum atomic E-state index is -0.802. The van der Waals surface area contributed by atoms with Crippen molar-refractivity contribution in [1.29, 1.82) is 0 Å². The third-order valence-electron chi connectivity index (χ3n) is 16.7. The highest BCUT2D eigenvalue weighted by molar-refractivity contribution is 5.98. The van der Waals surface area contributed by atoms with E-state index in [1.807, 2.05) is 48.5 Å². The minimum absolute atomic E-state index is 0.00576. The highest BCUT2D eigenvalue weighted by atomic mass is 16.6. The Morgan fingerprint density at radius 2 is 0.447 bits per heavy atom. The number of carbonyl (C=O) groups is 6. The molecule has 7 aromatic carbocycles. The van der Waals surface area contributed by atoms with Crippen molar-refractivity contribution in [2.45, 2.75) is 194 Å². The van der Waals surface area contributed by atoms with Gasteiger partial charge in [-0.3, -0.25) is 0 Å². The smallest absolute Gasteiger partial charge is 0.343 e. The zero-order valence-corrected chi connectivity index (χ0v) is 55.6. The predicted octanol–water partition coefficient (Wildman–Crippen LogP) is 21.2. The topological polar surface area (TPSA) is 167 Å². The first-order valence-electron chi connectivity index (χ1n) is 34.5. The van der Waals surface area contributed by atoms with E-state index in [4.69, 9.17) is 33.2 Å². The van der Waals surface area contributed by atoms with Crippen LogP contribution in [0.2, 0.25) is 0 Å². The zero-order valence-electron chi connectivity index (χ0n) is 55.6. The number of rotatable bonds is 43. The first-order chi connectivity index (χ1) is 46.0. The van der Waals surface area contributed by atoms with Crippen LogP contribution < -0.4 is 23.7 Å². The molecule has 0 fully saturated rings. The quantitative estimate of drug-likeness (QED) is 0.0201. The van der Waals surface area contributed by atoms with Gasteiger partial charge in [0.05, 0.1) is 53.7 Å². The zero-order chi connectivity index (χ0) is 66.4. The van der Waals surface area contributed by atoms with Crippen molar-refractivity contribution in [1.82, 2.24) is 0 Å². The fourth-order valence-electron chi connectivity index (χ4n) is 11.1. The lowest BCUT2D eigenvalue weighted by molar-refractivity contribution is 0.0488. The van der Waals surface area contributed by atoms with Gasteiger partial charge in [-0.15, -0.1) is 0 Å². The molecular weight excluding hydrogens is 1180 g/mol. The SMILES string of the molecule is CCCCCCCCCCCCCCCCOC(=O)c1ccc(-c2ccc(OC(=O)c3ccc(OC(=O)c4cc(OC)cc(C(=O)Oc5ccc(C(=O)Oc6ccc(-c7ccc(C(=O)OCCCCCCCCCCCCCCCC)cc7)cc6)cc5)c4)cc3)cc2)cc1. The highest BCUT2D eigenvalue weighted by Gasteiger charge is 2.20. The number of hydrogen-bond acceptors (Lipinski definition) is 13. The highest BCUT2D eigenvalue weighted by Crippen LogP contribution is 2.28. The minimum Gasteiger partial charge on any atom is -0.497 e. The lowest BCUT2D eigenvalue weighted by atomic mass is 10.0. The lowest BCUT2D eigenvalue weighted by Gasteiger charge is -2.10. The van der Waals surface area contributed by atoms with Crippen molar-refractivity contribution < 1.29 is 61.9 Å². The van der Waals surface area contributed by atoms with Crippen molar-refractivity contribution in [3.63, 3.8) is 0 Å². The summed E-state index contributed by atoms with van der Waals surface area (Å²) in [6.45, 7) is 5.34. The molecule has 13 nitrogen and oxygen atoms in total. The summed E-state index contributed by atoms with van der Waals surface area (Å²) in [7, 11) is 1.39. The van der Waals surface area contributed by atoms with Gasteiger partial charge in [0.1, 0.15) is 28.7 Å². The van der Waals surface area contributed by atoms with Crippen LogP contribution in [0.5, 0.6) is 28.7 Å². The van der Waals surface area contributed by atoms with Crippen LogP contribution in [0.3, 0.4) is 0 Å². The third kappa shape index (κ3) is 25.9. The van der Waals surface area contributed by atoms with Crippen LogP contribution >= 0.6 is 0 Å². The van der Waals surface area contributed by atoms with E-state index in [-0.39, 0.29) is 51.4 Å². The van der Waals surface area contributed by atoms with E-state index in [0.717, 1.165) is 47.9 Å². The van der Waals surface area contributed by atoms with Gasteiger partial charge in [0.25, 0.3) is 0 Å². The molecule has 0 aromatic heterocycles. The standard InChI is InChI=1S/C81H96O13/c1-4-6-8-10-12-14-16-18-20-22-24-26-28-30-56-89-76(82)65-36-32-61(33-37-65)63-40-48-71(49-41-63)91-78(84)67-44-52-73(53-45-67)93-80(86)69-58-70(60-75(59-69)88-3)81(87)94-74-54-46-68(47-55-74)79(85)92-72-50-42-64(43-51-72)62-34-38-66(39-35-62)77(83)90-57-31-29-27-25-23-21-19-17-15-13-11-9-7-5-2/h32-55,58-60H,4-31,56-57H2,1-3H3. The Kier molecular flexibility index (Phi) is 32.2. The normalized spacial score (nSPS) is 11.0. The molecule has 0 atom stereocenters. The molecule has 13 heteroatoms. The van der Waals surface area contributed by atoms with E-state index in [0.29, 0.717) is 35.8 Å². The van der Waals surface area contributed by atoms with Crippen molar-refractivity contribution >= 4 is 35.8 Å². The second-order valence-corrected chi connectivity index (χ2v) is 24.2. The fraction of sp³-hybridized carbons (Fsp3) is 0.407. The molecule has 0 bridgehead atoms. The second kappa shape index (κ2) is 41.7. The number of esters is 6. The molecule has 0 saturated carbocycles. The summed E-state index contributed by atoms with van der Waals surface area (Å²) in [6, 6.07) is 44.2.